The van der Waals surface area contributed by atoms with E-state index in [0.717, 1.165) is 5.82 Å². The summed E-state index contributed by atoms with van der Waals surface area (Å²) in [6.07, 6.45) is 1.30. The molecule has 1 rings (SSSR count). The van der Waals surface area contributed by atoms with Crippen molar-refractivity contribution >= 4 is 11.9 Å². The first kappa shape index (κ1) is 13.5. The van der Waals surface area contributed by atoms with E-state index in [9.17, 15) is 4.79 Å². The van der Waals surface area contributed by atoms with Gasteiger partial charge in [-0.25, -0.2) is 9.78 Å². The van der Waals surface area contributed by atoms with E-state index in [1.54, 1.807) is 6.20 Å². The number of hydrogen-bond donors (Lipinski definition) is 1. The number of amides is 1. The van der Waals surface area contributed by atoms with E-state index in [2.05, 4.69) is 24.1 Å². The second-order valence-corrected chi connectivity index (χ2v) is 5.38. The standard InChI is InChI=1S/C12H21N3O2/c1-8(2)10-13-9(7-15(10)6)14-11(16)17-12(3,4)5/h7-8H,1-6H3,(H,14,16). The summed E-state index contributed by atoms with van der Waals surface area (Å²) < 4.78 is 7.05. The lowest BCUT2D eigenvalue weighted by molar-refractivity contribution is 0.0635. The van der Waals surface area contributed by atoms with Crippen molar-refractivity contribution in [3.05, 3.63) is 12.0 Å². The Morgan fingerprint density at radius 1 is 1.47 bits per heavy atom. The highest BCUT2D eigenvalue weighted by atomic mass is 16.6. The SMILES string of the molecule is CC(C)c1nc(NC(=O)OC(C)(C)C)cn1C. The first-order valence-corrected chi connectivity index (χ1v) is 5.72. The summed E-state index contributed by atoms with van der Waals surface area (Å²) in [4.78, 5) is 15.9. The Morgan fingerprint density at radius 2 is 2.06 bits per heavy atom. The number of imidazole rings is 1. The van der Waals surface area contributed by atoms with Crippen molar-refractivity contribution in [1.82, 2.24) is 9.55 Å². The van der Waals surface area contributed by atoms with Crippen LogP contribution in [-0.2, 0) is 11.8 Å². The van der Waals surface area contributed by atoms with Crippen LogP contribution in [0.15, 0.2) is 6.20 Å². The van der Waals surface area contributed by atoms with Crippen molar-refractivity contribution in [1.29, 1.82) is 0 Å². The summed E-state index contributed by atoms with van der Waals surface area (Å²) >= 11 is 0. The van der Waals surface area contributed by atoms with Gasteiger partial charge in [0.2, 0.25) is 0 Å². The summed E-state index contributed by atoms with van der Waals surface area (Å²) in [5, 5.41) is 2.62. The van der Waals surface area contributed by atoms with E-state index >= 15 is 0 Å². The normalized spacial score (nSPS) is 11.7. The zero-order valence-electron chi connectivity index (χ0n) is 11.4. The number of hydrogen-bond acceptors (Lipinski definition) is 3. The monoisotopic (exact) mass is 239 g/mol. The molecule has 0 aromatic carbocycles. The van der Waals surface area contributed by atoms with Gasteiger partial charge in [0.25, 0.3) is 0 Å². The summed E-state index contributed by atoms with van der Waals surface area (Å²) in [7, 11) is 1.91. The summed E-state index contributed by atoms with van der Waals surface area (Å²) in [5.41, 5.74) is -0.500. The van der Waals surface area contributed by atoms with E-state index in [4.69, 9.17) is 4.74 Å². The minimum atomic E-state index is -0.500. The Bertz CT molecular complexity index is 402. The average molecular weight is 239 g/mol. The zero-order valence-corrected chi connectivity index (χ0v) is 11.4. The van der Waals surface area contributed by atoms with Crippen molar-refractivity contribution < 1.29 is 9.53 Å². The molecule has 5 heteroatoms. The third-order valence-electron chi connectivity index (χ3n) is 2.06. The molecule has 0 bridgehead atoms. The van der Waals surface area contributed by atoms with Crippen LogP contribution in [0.3, 0.4) is 0 Å². The molecule has 0 fully saturated rings. The predicted molar refractivity (Wildman–Crippen MR) is 67.2 cm³/mol. The molecule has 0 aliphatic heterocycles. The third kappa shape index (κ3) is 4.09. The number of carbonyl (C=O) groups excluding carboxylic acids is 1. The number of aryl methyl sites for hydroxylation is 1. The van der Waals surface area contributed by atoms with Crippen molar-refractivity contribution in [3.63, 3.8) is 0 Å². The van der Waals surface area contributed by atoms with Gasteiger partial charge in [-0.15, -0.1) is 0 Å². The topological polar surface area (TPSA) is 56.1 Å². The average Bonchev–Trinajstić information content (AvgIpc) is 2.42. The zero-order chi connectivity index (χ0) is 13.2. The maximum Gasteiger partial charge on any atom is 0.413 e. The Balaban J connectivity index is 2.70. The molecule has 1 amide bonds. The summed E-state index contributed by atoms with van der Waals surface area (Å²) in [6, 6.07) is 0. The fourth-order valence-corrected chi connectivity index (χ4v) is 1.49. The lowest BCUT2D eigenvalue weighted by Crippen LogP contribution is -2.27. The predicted octanol–water partition coefficient (Wildman–Crippen LogP) is 2.89. The highest BCUT2D eigenvalue weighted by Gasteiger charge is 2.17. The number of carbonyl (C=O) groups is 1. The lowest BCUT2D eigenvalue weighted by atomic mass is 10.2. The van der Waals surface area contributed by atoms with Crippen LogP contribution >= 0.6 is 0 Å². The molecule has 1 aromatic heterocycles. The van der Waals surface area contributed by atoms with Crippen molar-refractivity contribution in [2.75, 3.05) is 5.32 Å². The van der Waals surface area contributed by atoms with Crippen LogP contribution in [0.5, 0.6) is 0 Å². The smallest absolute Gasteiger partial charge is 0.413 e. The first-order chi connectivity index (χ1) is 7.69. The van der Waals surface area contributed by atoms with E-state index in [1.807, 2.05) is 32.4 Å². The first-order valence-electron chi connectivity index (χ1n) is 5.72. The molecule has 0 spiro atoms. The molecular weight excluding hydrogens is 218 g/mol. The van der Waals surface area contributed by atoms with Crippen LogP contribution in [0.4, 0.5) is 10.6 Å². The summed E-state index contributed by atoms with van der Waals surface area (Å²) in [6.45, 7) is 9.58. The molecule has 1 heterocycles. The van der Waals surface area contributed by atoms with Gasteiger partial charge in [-0.05, 0) is 20.8 Å². The van der Waals surface area contributed by atoms with Gasteiger partial charge in [-0.3, -0.25) is 5.32 Å². The quantitative estimate of drug-likeness (QED) is 0.863. The molecule has 1 aromatic rings. The maximum absolute atomic E-state index is 11.5. The molecule has 17 heavy (non-hydrogen) atoms. The van der Waals surface area contributed by atoms with Gasteiger partial charge in [0.15, 0.2) is 5.82 Å². The number of aromatic nitrogens is 2. The maximum atomic E-state index is 11.5. The lowest BCUT2D eigenvalue weighted by Gasteiger charge is -2.19. The Morgan fingerprint density at radius 3 is 2.47 bits per heavy atom. The van der Waals surface area contributed by atoms with Gasteiger partial charge in [0.1, 0.15) is 11.4 Å². The largest absolute Gasteiger partial charge is 0.444 e. The Hall–Kier alpha value is -1.52. The minimum absolute atomic E-state index is 0.314. The van der Waals surface area contributed by atoms with Crippen LogP contribution in [-0.4, -0.2) is 21.2 Å². The molecule has 0 unspecified atom stereocenters. The fourth-order valence-electron chi connectivity index (χ4n) is 1.49. The number of anilines is 1. The van der Waals surface area contributed by atoms with Crippen molar-refractivity contribution in [2.45, 2.75) is 46.1 Å². The minimum Gasteiger partial charge on any atom is -0.444 e. The van der Waals surface area contributed by atoms with Gasteiger partial charge in [0.05, 0.1) is 0 Å². The molecular formula is C12H21N3O2. The van der Waals surface area contributed by atoms with Crippen molar-refractivity contribution in [2.24, 2.45) is 7.05 Å². The molecule has 0 aliphatic rings. The highest BCUT2D eigenvalue weighted by Crippen LogP contribution is 2.16. The summed E-state index contributed by atoms with van der Waals surface area (Å²) in [5.74, 6) is 1.76. The molecule has 5 nitrogen and oxygen atoms in total. The van der Waals surface area contributed by atoms with E-state index < -0.39 is 11.7 Å². The molecule has 0 radical (unpaired) electrons. The number of nitrogens with zero attached hydrogens (tertiary/aromatic N) is 2. The van der Waals surface area contributed by atoms with E-state index in [1.165, 1.54) is 0 Å². The Labute approximate surface area is 102 Å². The second kappa shape index (κ2) is 4.77. The van der Waals surface area contributed by atoms with E-state index in [-0.39, 0.29) is 0 Å². The highest BCUT2D eigenvalue weighted by molar-refractivity contribution is 5.83. The van der Waals surface area contributed by atoms with Crippen LogP contribution in [0.25, 0.3) is 0 Å². The van der Waals surface area contributed by atoms with Gasteiger partial charge >= 0.3 is 6.09 Å². The van der Waals surface area contributed by atoms with Gasteiger partial charge in [0, 0.05) is 19.2 Å². The number of rotatable bonds is 2. The molecule has 0 saturated heterocycles. The molecule has 96 valence electrons. The van der Waals surface area contributed by atoms with Crippen LogP contribution < -0.4 is 5.32 Å². The van der Waals surface area contributed by atoms with Crippen LogP contribution in [0, 0.1) is 0 Å². The number of nitrogens with one attached hydrogen (secondary N) is 1. The molecule has 1 N–H and O–H groups in total. The number of ether oxygens (including phenoxy) is 1. The van der Waals surface area contributed by atoms with Crippen molar-refractivity contribution in [3.8, 4) is 0 Å². The molecule has 0 aliphatic carbocycles. The van der Waals surface area contributed by atoms with E-state index in [0.29, 0.717) is 11.7 Å². The van der Waals surface area contributed by atoms with Gasteiger partial charge in [-0.1, -0.05) is 13.8 Å². The third-order valence-corrected chi connectivity index (χ3v) is 2.06. The molecule has 0 saturated carbocycles. The molecule has 0 atom stereocenters. The fraction of sp³-hybridized carbons (Fsp3) is 0.667. The van der Waals surface area contributed by atoms with Crippen LogP contribution in [0.2, 0.25) is 0 Å². The van der Waals surface area contributed by atoms with Crippen LogP contribution in [0.1, 0.15) is 46.4 Å². The van der Waals surface area contributed by atoms with Gasteiger partial charge < -0.3 is 9.30 Å². The Kier molecular flexibility index (Phi) is 3.80. The van der Waals surface area contributed by atoms with Gasteiger partial charge in [-0.2, -0.15) is 0 Å². The second-order valence-electron chi connectivity index (χ2n) is 5.38.